The van der Waals surface area contributed by atoms with E-state index in [9.17, 15) is 15.0 Å². The van der Waals surface area contributed by atoms with Gasteiger partial charge in [-0.15, -0.1) is 0 Å². The second kappa shape index (κ2) is 9.42. The van der Waals surface area contributed by atoms with Crippen molar-refractivity contribution in [2.45, 2.75) is 24.8 Å². The molecule has 0 spiro atoms. The number of pyridine rings is 1. The molecule has 3 N–H and O–H groups in total. The number of hydrogen-bond acceptors (Lipinski definition) is 5. The summed E-state index contributed by atoms with van der Waals surface area (Å²) in [6, 6.07) is 9.95. The summed E-state index contributed by atoms with van der Waals surface area (Å²) in [6.07, 6.45) is 2.09. The van der Waals surface area contributed by atoms with Crippen LogP contribution < -0.4 is 5.32 Å². The lowest BCUT2D eigenvalue weighted by Gasteiger charge is -2.22. The van der Waals surface area contributed by atoms with Crippen LogP contribution in [0.15, 0.2) is 48.8 Å². The van der Waals surface area contributed by atoms with Crippen LogP contribution in [0, 0.1) is 0 Å². The molecule has 0 saturated carbocycles. The van der Waals surface area contributed by atoms with Crippen molar-refractivity contribution >= 4 is 17.7 Å². The van der Waals surface area contributed by atoms with Gasteiger partial charge < -0.3 is 15.5 Å². The molecule has 0 bridgehead atoms. The molecule has 0 fully saturated rings. The maximum Gasteiger partial charge on any atom is 0.251 e. The Morgan fingerprint density at radius 3 is 2.62 bits per heavy atom. The lowest BCUT2D eigenvalue weighted by Crippen LogP contribution is -2.42. The summed E-state index contributed by atoms with van der Waals surface area (Å²) in [6.45, 7) is 1.74. The van der Waals surface area contributed by atoms with Crippen molar-refractivity contribution in [3.8, 4) is 0 Å². The van der Waals surface area contributed by atoms with Crippen LogP contribution in [0.25, 0.3) is 0 Å². The molecule has 128 valence electrons. The van der Waals surface area contributed by atoms with Crippen molar-refractivity contribution in [1.29, 1.82) is 0 Å². The lowest BCUT2D eigenvalue weighted by molar-refractivity contribution is 0.0702. The summed E-state index contributed by atoms with van der Waals surface area (Å²) in [5, 5.41) is 22.5. The zero-order valence-corrected chi connectivity index (χ0v) is 14.4. The van der Waals surface area contributed by atoms with Crippen molar-refractivity contribution in [2.24, 2.45) is 0 Å². The van der Waals surface area contributed by atoms with Gasteiger partial charge in [0.15, 0.2) is 0 Å². The number of thioether (sulfide) groups is 1. The minimum absolute atomic E-state index is 0.327. The topological polar surface area (TPSA) is 82.5 Å². The number of aromatic nitrogens is 1. The van der Waals surface area contributed by atoms with Crippen LogP contribution in [0.2, 0.25) is 0 Å². The summed E-state index contributed by atoms with van der Waals surface area (Å²) in [7, 11) is 0. The van der Waals surface area contributed by atoms with E-state index in [1.54, 1.807) is 30.5 Å². The zero-order chi connectivity index (χ0) is 17.4. The van der Waals surface area contributed by atoms with E-state index < -0.39 is 12.1 Å². The van der Waals surface area contributed by atoms with Gasteiger partial charge in [0, 0.05) is 29.3 Å². The minimum Gasteiger partial charge on any atom is -0.394 e. The first-order chi connectivity index (χ1) is 11.7. The average molecular weight is 346 g/mol. The normalized spacial score (nSPS) is 13.3. The minimum atomic E-state index is -1.02. The monoisotopic (exact) mass is 346 g/mol. The fourth-order valence-corrected chi connectivity index (χ4v) is 2.86. The van der Waals surface area contributed by atoms with Gasteiger partial charge in [-0.1, -0.05) is 25.1 Å². The number of carbonyl (C=O) groups excluding carboxylic acids is 1. The van der Waals surface area contributed by atoms with E-state index in [-0.39, 0.29) is 12.5 Å². The molecule has 1 amide bonds. The molecule has 0 saturated heterocycles. The molecule has 24 heavy (non-hydrogen) atoms. The van der Waals surface area contributed by atoms with Crippen LogP contribution in [0.3, 0.4) is 0 Å². The largest absolute Gasteiger partial charge is 0.394 e. The molecule has 1 heterocycles. The highest BCUT2D eigenvalue weighted by atomic mass is 32.2. The van der Waals surface area contributed by atoms with Gasteiger partial charge in [-0.05, 0) is 29.5 Å². The van der Waals surface area contributed by atoms with Crippen LogP contribution in [0.1, 0.15) is 34.5 Å². The smallest absolute Gasteiger partial charge is 0.251 e. The maximum absolute atomic E-state index is 12.3. The first-order valence-corrected chi connectivity index (χ1v) is 8.97. The van der Waals surface area contributed by atoms with E-state index in [0.717, 1.165) is 17.1 Å². The summed E-state index contributed by atoms with van der Waals surface area (Å²) in [4.78, 5) is 16.3. The molecule has 2 atom stereocenters. The molecule has 2 rings (SSSR count). The highest BCUT2D eigenvalue weighted by Gasteiger charge is 2.22. The molecule has 5 nitrogen and oxygen atoms in total. The van der Waals surface area contributed by atoms with Crippen LogP contribution in [-0.4, -0.2) is 39.5 Å². The fourth-order valence-electron chi connectivity index (χ4n) is 2.23. The number of amides is 1. The van der Waals surface area contributed by atoms with E-state index in [2.05, 4.69) is 17.2 Å². The number of carbonyl (C=O) groups is 1. The molecule has 0 radical (unpaired) electrons. The lowest BCUT2D eigenvalue weighted by atomic mass is 10.0. The molecule has 0 unspecified atom stereocenters. The number of hydrogen-bond donors (Lipinski definition) is 3. The van der Waals surface area contributed by atoms with Crippen molar-refractivity contribution in [3.05, 3.63) is 65.5 Å². The van der Waals surface area contributed by atoms with Crippen molar-refractivity contribution in [3.63, 3.8) is 0 Å². The van der Waals surface area contributed by atoms with Gasteiger partial charge in [0.1, 0.15) is 6.10 Å². The van der Waals surface area contributed by atoms with E-state index in [1.165, 1.54) is 6.20 Å². The molecular formula is C18H22N2O3S. The second-order valence-electron chi connectivity index (χ2n) is 5.33. The van der Waals surface area contributed by atoms with E-state index in [0.29, 0.717) is 11.1 Å². The van der Waals surface area contributed by atoms with Crippen LogP contribution in [0.4, 0.5) is 0 Å². The number of nitrogens with one attached hydrogen (secondary N) is 1. The summed E-state index contributed by atoms with van der Waals surface area (Å²) >= 11 is 1.82. The SMILES string of the molecule is CCSCc1ccc(C(=O)N[C@H](CO)[C@H](O)c2cccnc2)cc1. The first kappa shape index (κ1) is 18.4. The summed E-state index contributed by atoms with van der Waals surface area (Å²) in [5.41, 5.74) is 2.20. The van der Waals surface area contributed by atoms with E-state index >= 15 is 0 Å². The van der Waals surface area contributed by atoms with Gasteiger partial charge in [0.25, 0.3) is 5.91 Å². The highest BCUT2D eigenvalue weighted by molar-refractivity contribution is 7.98. The number of rotatable bonds is 8. The molecule has 6 heteroatoms. The zero-order valence-electron chi connectivity index (χ0n) is 13.6. The number of aliphatic hydroxyl groups is 2. The third-order valence-electron chi connectivity index (χ3n) is 3.61. The first-order valence-electron chi connectivity index (χ1n) is 7.82. The summed E-state index contributed by atoms with van der Waals surface area (Å²) in [5.74, 6) is 1.64. The Labute approximate surface area is 146 Å². The van der Waals surface area contributed by atoms with Crippen molar-refractivity contribution in [1.82, 2.24) is 10.3 Å². The van der Waals surface area contributed by atoms with Gasteiger partial charge in [0.2, 0.25) is 0 Å². The number of aliphatic hydroxyl groups excluding tert-OH is 2. The van der Waals surface area contributed by atoms with Crippen molar-refractivity contribution < 1.29 is 15.0 Å². The average Bonchev–Trinajstić information content (AvgIpc) is 2.64. The third-order valence-corrected chi connectivity index (χ3v) is 4.55. The standard InChI is InChI=1S/C18H22N2O3S/c1-2-24-12-13-5-7-14(8-6-13)18(23)20-16(11-21)17(22)15-4-3-9-19-10-15/h3-10,16-17,21-22H,2,11-12H2,1H3,(H,20,23)/t16-,17-/m1/s1. The van der Waals surface area contributed by atoms with Gasteiger partial charge >= 0.3 is 0 Å². The van der Waals surface area contributed by atoms with Gasteiger partial charge in [0.05, 0.1) is 12.6 Å². The third kappa shape index (κ3) is 5.06. The Morgan fingerprint density at radius 1 is 1.29 bits per heavy atom. The van der Waals surface area contributed by atoms with Crippen LogP contribution >= 0.6 is 11.8 Å². The van der Waals surface area contributed by atoms with E-state index in [4.69, 9.17) is 0 Å². The van der Waals surface area contributed by atoms with Crippen molar-refractivity contribution in [2.75, 3.05) is 12.4 Å². The Hall–Kier alpha value is -1.89. The van der Waals surface area contributed by atoms with Gasteiger partial charge in [-0.25, -0.2) is 0 Å². The molecular weight excluding hydrogens is 324 g/mol. The Bertz CT molecular complexity index is 634. The molecule has 2 aromatic rings. The van der Waals surface area contributed by atoms with Crippen LogP contribution in [0.5, 0.6) is 0 Å². The predicted octanol–water partition coefficient (Wildman–Crippen LogP) is 2.16. The molecule has 0 aliphatic heterocycles. The predicted molar refractivity (Wildman–Crippen MR) is 95.8 cm³/mol. The highest BCUT2D eigenvalue weighted by Crippen LogP contribution is 2.17. The molecule has 0 aliphatic carbocycles. The Balaban J connectivity index is 2.01. The van der Waals surface area contributed by atoms with Crippen LogP contribution in [-0.2, 0) is 5.75 Å². The Morgan fingerprint density at radius 2 is 2.04 bits per heavy atom. The second-order valence-corrected chi connectivity index (χ2v) is 6.60. The summed E-state index contributed by atoms with van der Waals surface area (Å²) < 4.78 is 0. The number of nitrogens with zero attached hydrogens (tertiary/aromatic N) is 1. The molecule has 1 aromatic heterocycles. The van der Waals surface area contributed by atoms with E-state index in [1.807, 2.05) is 23.9 Å². The van der Waals surface area contributed by atoms with Gasteiger partial charge in [-0.3, -0.25) is 9.78 Å². The number of benzene rings is 1. The quantitative estimate of drug-likeness (QED) is 0.682. The molecule has 1 aromatic carbocycles. The Kier molecular flexibility index (Phi) is 7.24. The van der Waals surface area contributed by atoms with Gasteiger partial charge in [-0.2, -0.15) is 11.8 Å². The maximum atomic E-state index is 12.3. The fraction of sp³-hybridized carbons (Fsp3) is 0.333. The molecule has 0 aliphatic rings.